The summed E-state index contributed by atoms with van der Waals surface area (Å²) in [6.07, 6.45) is 0. The van der Waals surface area contributed by atoms with Gasteiger partial charge in [-0.2, -0.15) is 0 Å². The molecule has 2 aromatic rings. The Bertz CT molecular complexity index is 610. The molecule has 0 amide bonds. The van der Waals surface area contributed by atoms with E-state index in [2.05, 4.69) is 32.0 Å². The molecule has 0 aliphatic heterocycles. The van der Waals surface area contributed by atoms with Gasteiger partial charge in [-0.15, -0.1) is 0 Å². The fourth-order valence-corrected chi connectivity index (χ4v) is 2.52. The zero-order valence-electron chi connectivity index (χ0n) is 12.1. The third-order valence-electron chi connectivity index (χ3n) is 3.33. The van der Waals surface area contributed by atoms with E-state index in [-0.39, 0.29) is 6.04 Å². The van der Waals surface area contributed by atoms with Gasteiger partial charge >= 0.3 is 0 Å². The summed E-state index contributed by atoms with van der Waals surface area (Å²) in [5, 5.41) is 0.623. The maximum absolute atomic E-state index is 6.21. The number of halogens is 1. The fourth-order valence-electron chi connectivity index (χ4n) is 2.23. The van der Waals surface area contributed by atoms with Crippen LogP contribution in [0.5, 0.6) is 5.75 Å². The van der Waals surface area contributed by atoms with Crippen LogP contribution >= 0.6 is 11.6 Å². The van der Waals surface area contributed by atoms with Crippen molar-refractivity contribution in [3.05, 3.63) is 63.7 Å². The number of hydrogen-bond donors (Lipinski definition) is 1. The molecule has 0 aromatic heterocycles. The van der Waals surface area contributed by atoms with Crippen LogP contribution < -0.4 is 10.5 Å². The van der Waals surface area contributed by atoms with E-state index in [1.165, 1.54) is 11.1 Å². The van der Waals surface area contributed by atoms with Gasteiger partial charge < -0.3 is 10.5 Å². The topological polar surface area (TPSA) is 35.2 Å². The Balaban J connectivity index is 2.06. The Morgan fingerprint density at radius 2 is 1.70 bits per heavy atom. The van der Waals surface area contributed by atoms with Gasteiger partial charge in [-0.05, 0) is 49.6 Å². The second-order valence-corrected chi connectivity index (χ2v) is 5.62. The van der Waals surface area contributed by atoms with Crippen LogP contribution in [0.3, 0.4) is 0 Å². The number of aryl methyl sites for hydroxylation is 3. The molecule has 1 atom stereocenters. The average Bonchev–Trinajstić information content (AvgIpc) is 2.37. The lowest BCUT2D eigenvalue weighted by atomic mass is 10.0. The molecular weight excluding hydrogens is 270 g/mol. The van der Waals surface area contributed by atoms with Gasteiger partial charge in [0.15, 0.2) is 0 Å². The van der Waals surface area contributed by atoms with E-state index < -0.39 is 0 Å². The summed E-state index contributed by atoms with van der Waals surface area (Å²) in [6, 6.07) is 11.9. The minimum absolute atomic E-state index is 0.159. The van der Waals surface area contributed by atoms with Crippen molar-refractivity contribution in [1.29, 1.82) is 0 Å². The summed E-state index contributed by atoms with van der Waals surface area (Å²) < 4.78 is 5.74. The van der Waals surface area contributed by atoms with Crippen LogP contribution in [0, 0.1) is 20.8 Å². The standard InChI is InChI=1S/C17H20ClNO/c1-11-4-6-14(13(3)8-11)16(19)10-20-17-7-5-12(2)9-15(17)18/h4-9,16H,10,19H2,1-3H3. The minimum Gasteiger partial charge on any atom is -0.490 e. The quantitative estimate of drug-likeness (QED) is 0.908. The van der Waals surface area contributed by atoms with E-state index in [1.54, 1.807) is 0 Å². The van der Waals surface area contributed by atoms with Crippen LogP contribution in [0.4, 0.5) is 0 Å². The summed E-state index contributed by atoms with van der Waals surface area (Å²) >= 11 is 6.15. The van der Waals surface area contributed by atoms with Crippen LogP contribution in [-0.2, 0) is 0 Å². The van der Waals surface area contributed by atoms with Crippen molar-refractivity contribution in [2.45, 2.75) is 26.8 Å². The largest absolute Gasteiger partial charge is 0.490 e. The molecule has 2 N–H and O–H groups in total. The molecule has 1 unspecified atom stereocenters. The van der Waals surface area contributed by atoms with Crippen LogP contribution in [0.25, 0.3) is 0 Å². The van der Waals surface area contributed by atoms with E-state index in [0.29, 0.717) is 17.4 Å². The second kappa shape index (κ2) is 6.29. The van der Waals surface area contributed by atoms with Gasteiger partial charge in [0, 0.05) is 0 Å². The van der Waals surface area contributed by atoms with Crippen molar-refractivity contribution in [1.82, 2.24) is 0 Å². The maximum Gasteiger partial charge on any atom is 0.138 e. The summed E-state index contributed by atoms with van der Waals surface area (Å²) in [7, 11) is 0. The molecule has 0 aliphatic rings. The molecule has 0 radical (unpaired) electrons. The number of rotatable bonds is 4. The number of ether oxygens (including phenoxy) is 1. The van der Waals surface area contributed by atoms with E-state index >= 15 is 0 Å². The summed E-state index contributed by atoms with van der Waals surface area (Å²) in [4.78, 5) is 0. The van der Waals surface area contributed by atoms with Gasteiger partial charge in [-0.1, -0.05) is 41.4 Å². The summed E-state index contributed by atoms with van der Waals surface area (Å²) in [5.74, 6) is 0.678. The number of hydrogen-bond acceptors (Lipinski definition) is 2. The second-order valence-electron chi connectivity index (χ2n) is 5.21. The third-order valence-corrected chi connectivity index (χ3v) is 3.63. The van der Waals surface area contributed by atoms with Crippen molar-refractivity contribution in [3.63, 3.8) is 0 Å². The molecular formula is C17H20ClNO. The molecule has 0 saturated carbocycles. The Hall–Kier alpha value is -1.51. The Morgan fingerprint density at radius 1 is 1.05 bits per heavy atom. The molecule has 2 nitrogen and oxygen atoms in total. The highest BCUT2D eigenvalue weighted by Gasteiger charge is 2.11. The molecule has 0 fully saturated rings. The molecule has 0 aliphatic carbocycles. The predicted molar refractivity (Wildman–Crippen MR) is 84.5 cm³/mol. The third kappa shape index (κ3) is 3.53. The molecule has 2 rings (SSSR count). The number of nitrogens with two attached hydrogens (primary N) is 1. The monoisotopic (exact) mass is 289 g/mol. The fraction of sp³-hybridized carbons (Fsp3) is 0.294. The van der Waals surface area contributed by atoms with Gasteiger partial charge in [0.2, 0.25) is 0 Å². The molecule has 20 heavy (non-hydrogen) atoms. The molecule has 106 valence electrons. The SMILES string of the molecule is Cc1ccc(C(N)COc2ccc(C)cc2Cl)c(C)c1. The summed E-state index contributed by atoms with van der Waals surface area (Å²) in [5.41, 5.74) is 10.9. The molecule has 0 saturated heterocycles. The smallest absolute Gasteiger partial charge is 0.138 e. The van der Waals surface area contributed by atoms with E-state index in [1.807, 2.05) is 25.1 Å². The zero-order chi connectivity index (χ0) is 14.7. The zero-order valence-corrected chi connectivity index (χ0v) is 12.9. The van der Waals surface area contributed by atoms with Crippen molar-refractivity contribution in [2.75, 3.05) is 6.61 Å². The first-order chi connectivity index (χ1) is 9.47. The van der Waals surface area contributed by atoms with Crippen molar-refractivity contribution in [2.24, 2.45) is 5.73 Å². The highest BCUT2D eigenvalue weighted by atomic mass is 35.5. The first-order valence-electron chi connectivity index (χ1n) is 6.69. The average molecular weight is 290 g/mol. The van der Waals surface area contributed by atoms with Gasteiger partial charge in [0.05, 0.1) is 11.1 Å². The van der Waals surface area contributed by atoms with Gasteiger partial charge in [0.1, 0.15) is 12.4 Å². The normalized spacial score (nSPS) is 12.2. The van der Waals surface area contributed by atoms with E-state index in [9.17, 15) is 0 Å². The lowest BCUT2D eigenvalue weighted by molar-refractivity contribution is 0.290. The van der Waals surface area contributed by atoms with Crippen LogP contribution in [0.2, 0.25) is 5.02 Å². The van der Waals surface area contributed by atoms with Crippen LogP contribution in [0.15, 0.2) is 36.4 Å². The van der Waals surface area contributed by atoms with Crippen LogP contribution in [0.1, 0.15) is 28.3 Å². The van der Waals surface area contributed by atoms with Gasteiger partial charge in [0.25, 0.3) is 0 Å². The minimum atomic E-state index is -0.159. The Kier molecular flexibility index (Phi) is 4.69. The summed E-state index contributed by atoms with van der Waals surface area (Å²) in [6.45, 7) is 6.55. The van der Waals surface area contributed by atoms with Gasteiger partial charge in [-0.25, -0.2) is 0 Å². The van der Waals surface area contributed by atoms with Gasteiger partial charge in [-0.3, -0.25) is 0 Å². The predicted octanol–water partition coefficient (Wildman–Crippen LogP) is 4.34. The van der Waals surface area contributed by atoms with Crippen molar-refractivity contribution in [3.8, 4) is 5.75 Å². The highest BCUT2D eigenvalue weighted by Crippen LogP contribution is 2.26. The molecule has 0 spiro atoms. The van der Waals surface area contributed by atoms with E-state index in [0.717, 1.165) is 11.1 Å². The van der Waals surface area contributed by atoms with Crippen molar-refractivity contribution >= 4 is 11.6 Å². The Labute approximate surface area is 125 Å². The molecule has 0 heterocycles. The first-order valence-corrected chi connectivity index (χ1v) is 7.07. The lowest BCUT2D eigenvalue weighted by Crippen LogP contribution is -2.20. The lowest BCUT2D eigenvalue weighted by Gasteiger charge is -2.17. The maximum atomic E-state index is 6.21. The molecule has 3 heteroatoms. The highest BCUT2D eigenvalue weighted by molar-refractivity contribution is 6.32. The molecule has 2 aromatic carbocycles. The van der Waals surface area contributed by atoms with E-state index in [4.69, 9.17) is 22.1 Å². The first kappa shape index (κ1) is 14.9. The number of benzene rings is 2. The van der Waals surface area contributed by atoms with Crippen LogP contribution in [-0.4, -0.2) is 6.61 Å². The molecule has 0 bridgehead atoms. The Morgan fingerprint density at radius 3 is 2.35 bits per heavy atom. The van der Waals surface area contributed by atoms with Crippen molar-refractivity contribution < 1.29 is 4.74 Å².